The molecule has 0 saturated carbocycles. The molecule has 0 amide bonds. The third kappa shape index (κ3) is 7.81. The molecule has 1 rings (SSSR count). The predicted molar refractivity (Wildman–Crippen MR) is 46.7 cm³/mol. The van der Waals surface area contributed by atoms with Crippen LogP contribution in [0.3, 0.4) is 0 Å². The Morgan fingerprint density at radius 3 is 1.90 bits per heavy atom. The molecule has 1 aliphatic rings. The number of alkyl halides is 1. The zero-order valence-corrected chi connectivity index (χ0v) is 10.7. The fourth-order valence-corrected chi connectivity index (χ4v) is 1.13. The molecule has 0 radical (unpaired) electrons. The van der Waals surface area contributed by atoms with Gasteiger partial charge in [0, 0.05) is 4.83 Å². The fourth-order valence-electron chi connectivity index (χ4n) is 0.719. The minimum absolute atomic E-state index is 0.472. The van der Waals surface area contributed by atoms with Crippen molar-refractivity contribution < 1.29 is 16.5 Å². The maximum atomic E-state index is 4.88. The van der Waals surface area contributed by atoms with Crippen LogP contribution in [-0.2, 0) is 16.5 Å². The molecule has 5 heteroatoms. The van der Waals surface area contributed by atoms with Gasteiger partial charge >= 0.3 is 35.3 Å². The Bertz CT molecular complexity index is 70.7. The average molecular weight is 429 g/mol. The molecule has 0 aromatic rings. The quantitative estimate of drug-likeness (QED) is 0.526. The Morgan fingerprint density at radius 1 is 1.30 bits per heavy atom. The Labute approximate surface area is 86.7 Å². The molecule has 0 N–H and O–H groups in total. The second kappa shape index (κ2) is 8.80. The van der Waals surface area contributed by atoms with E-state index in [1.807, 2.05) is 0 Å². The van der Waals surface area contributed by atoms with E-state index >= 15 is 0 Å². The van der Waals surface area contributed by atoms with E-state index in [4.69, 9.17) is 18.8 Å². The minimum atomic E-state index is -0.472. The van der Waals surface area contributed by atoms with Gasteiger partial charge in [0.05, 0.1) is 0 Å². The number of halogens is 3. The van der Waals surface area contributed by atoms with Crippen LogP contribution in [-0.4, -0.2) is 17.9 Å². The van der Waals surface area contributed by atoms with Gasteiger partial charge < -0.3 is 5.32 Å². The molecular formula is C5H9BrCl2NPt+. The number of rotatable bonds is 0. The summed E-state index contributed by atoms with van der Waals surface area (Å²) in [7, 11) is 9.75. The molecule has 1 aliphatic heterocycles. The van der Waals surface area contributed by atoms with Crippen molar-refractivity contribution in [2.75, 3.05) is 13.1 Å². The van der Waals surface area contributed by atoms with E-state index in [9.17, 15) is 0 Å². The van der Waals surface area contributed by atoms with Crippen LogP contribution in [0.15, 0.2) is 0 Å². The summed E-state index contributed by atoms with van der Waals surface area (Å²) in [6, 6.07) is 0. The third-order valence-electron chi connectivity index (χ3n) is 1.20. The van der Waals surface area contributed by atoms with Gasteiger partial charge in [-0.05, 0) is 0 Å². The summed E-state index contributed by atoms with van der Waals surface area (Å²) >= 11 is 3.06. The first-order valence-electron chi connectivity index (χ1n) is 2.91. The fraction of sp³-hybridized carbons (Fsp3) is 1.00. The molecule has 1 saturated heterocycles. The van der Waals surface area contributed by atoms with E-state index in [2.05, 4.69) is 21.2 Å². The van der Waals surface area contributed by atoms with Gasteiger partial charge in [0.15, 0.2) is 0 Å². The van der Waals surface area contributed by atoms with Gasteiger partial charge in [-0.3, -0.25) is 0 Å². The van der Waals surface area contributed by atoms with Crippen LogP contribution < -0.4 is 0 Å². The Kier molecular flexibility index (Phi) is 10.3. The number of hydrogen-bond donors (Lipinski definition) is 0. The topological polar surface area (TPSA) is 14.1 Å². The van der Waals surface area contributed by atoms with Crippen LogP contribution in [0.1, 0.15) is 12.8 Å². The molecule has 0 bridgehead atoms. The molecule has 64 valence electrons. The standard InChI is InChI=1S/C5H9BrN.2ClH.Pt/c6-5-1-3-7-4-2-5;;;/h5H,1-4H2;2*1H;/q-1;;;+4/p-2. The summed E-state index contributed by atoms with van der Waals surface area (Å²) in [4.78, 5) is 0.755. The van der Waals surface area contributed by atoms with E-state index in [1.165, 1.54) is 12.8 Å². The van der Waals surface area contributed by atoms with Crippen molar-refractivity contribution in [2.24, 2.45) is 0 Å². The zero-order valence-electron chi connectivity index (χ0n) is 5.30. The summed E-state index contributed by atoms with van der Waals surface area (Å²) < 4.78 is 0. The van der Waals surface area contributed by atoms with E-state index in [0.29, 0.717) is 0 Å². The van der Waals surface area contributed by atoms with Crippen LogP contribution in [0.25, 0.3) is 5.32 Å². The number of nitrogens with zero attached hydrogens (tertiary/aromatic N) is 1. The van der Waals surface area contributed by atoms with E-state index < -0.39 is 16.5 Å². The summed E-state index contributed by atoms with van der Waals surface area (Å²) in [5.41, 5.74) is 0. The molecule has 10 heavy (non-hydrogen) atoms. The normalized spacial score (nSPS) is 19.9. The van der Waals surface area contributed by atoms with Gasteiger partial charge in [0.1, 0.15) is 0 Å². The van der Waals surface area contributed by atoms with Crippen molar-refractivity contribution >= 4 is 34.8 Å². The van der Waals surface area contributed by atoms with Gasteiger partial charge in [0.2, 0.25) is 0 Å². The van der Waals surface area contributed by atoms with E-state index in [0.717, 1.165) is 17.9 Å². The molecule has 1 nitrogen and oxygen atoms in total. The first kappa shape index (κ1) is 11.7. The zero-order chi connectivity index (χ0) is 7.82. The van der Waals surface area contributed by atoms with Gasteiger partial charge in [-0.25, -0.2) is 0 Å². The SMILES string of the molecule is BrC1CC[N-]CC1.[Cl][Pt+2][Cl]. The average Bonchev–Trinajstić information content (AvgIpc) is 1.91. The second-order valence-electron chi connectivity index (χ2n) is 1.89. The monoisotopic (exact) mass is 427 g/mol. The Hall–Kier alpha value is 1.71. The Morgan fingerprint density at radius 2 is 1.70 bits per heavy atom. The molecule has 0 spiro atoms. The van der Waals surface area contributed by atoms with Crippen molar-refractivity contribution in [3.05, 3.63) is 5.32 Å². The van der Waals surface area contributed by atoms with Crippen molar-refractivity contribution in [2.45, 2.75) is 17.7 Å². The summed E-state index contributed by atoms with van der Waals surface area (Å²) in [5, 5.41) is 4.20. The van der Waals surface area contributed by atoms with Crippen molar-refractivity contribution in [3.63, 3.8) is 0 Å². The second-order valence-corrected chi connectivity index (χ2v) is 6.47. The Balaban J connectivity index is 0.000000236. The van der Waals surface area contributed by atoms with Crippen molar-refractivity contribution in [1.82, 2.24) is 0 Å². The van der Waals surface area contributed by atoms with Crippen molar-refractivity contribution in [3.8, 4) is 0 Å². The number of hydrogen-bond acceptors (Lipinski definition) is 0. The summed E-state index contributed by atoms with van der Waals surface area (Å²) in [6.07, 6.45) is 2.47. The van der Waals surface area contributed by atoms with Crippen LogP contribution in [0.4, 0.5) is 0 Å². The molecule has 1 fully saturated rings. The number of piperidine rings is 1. The first-order chi connectivity index (χ1) is 4.81. The molecule has 0 atom stereocenters. The van der Waals surface area contributed by atoms with E-state index in [1.54, 1.807) is 0 Å². The molecule has 1 heterocycles. The van der Waals surface area contributed by atoms with Gasteiger partial charge in [-0.2, -0.15) is 0 Å². The predicted octanol–water partition coefficient (Wildman–Crippen LogP) is 3.29. The van der Waals surface area contributed by atoms with Gasteiger partial charge in [-0.15, -0.1) is 13.1 Å². The summed E-state index contributed by atoms with van der Waals surface area (Å²) in [5.74, 6) is 0. The molecule has 0 aromatic carbocycles. The summed E-state index contributed by atoms with van der Waals surface area (Å²) in [6.45, 7) is 2.13. The van der Waals surface area contributed by atoms with E-state index in [-0.39, 0.29) is 0 Å². The van der Waals surface area contributed by atoms with Gasteiger partial charge in [-0.1, -0.05) is 28.8 Å². The molecular weight excluding hydrogens is 420 g/mol. The molecule has 0 aromatic heterocycles. The van der Waals surface area contributed by atoms with Crippen LogP contribution in [0.2, 0.25) is 0 Å². The van der Waals surface area contributed by atoms with Crippen LogP contribution >= 0.6 is 34.8 Å². The molecule has 0 aliphatic carbocycles. The van der Waals surface area contributed by atoms with Gasteiger partial charge in [0.25, 0.3) is 0 Å². The van der Waals surface area contributed by atoms with Crippen LogP contribution in [0, 0.1) is 0 Å². The van der Waals surface area contributed by atoms with Crippen LogP contribution in [0.5, 0.6) is 0 Å². The first-order valence-corrected chi connectivity index (χ1v) is 9.45. The maximum absolute atomic E-state index is 4.88. The molecule has 0 unspecified atom stereocenters. The van der Waals surface area contributed by atoms with Crippen molar-refractivity contribution in [1.29, 1.82) is 0 Å². The third-order valence-corrected chi connectivity index (χ3v) is 2.12.